The summed E-state index contributed by atoms with van der Waals surface area (Å²) in [5.74, 6) is 1.04. The van der Waals surface area contributed by atoms with E-state index in [4.69, 9.17) is 14.7 Å². The minimum atomic E-state index is -1.75. The van der Waals surface area contributed by atoms with Crippen LogP contribution in [0.2, 0.25) is 0 Å². The van der Waals surface area contributed by atoms with Gasteiger partial charge in [-0.3, -0.25) is 0 Å². The third-order valence-electron chi connectivity index (χ3n) is 3.90. The number of hydrogen-bond acceptors (Lipinski definition) is 3. The molecule has 0 saturated carbocycles. The van der Waals surface area contributed by atoms with E-state index in [1.165, 1.54) is 38.5 Å². The molecular formula is C17H29BO3. The molecule has 0 aliphatic heterocycles. The minimum Gasteiger partial charge on any atom is -0.512 e. The molecule has 0 radical (unpaired) electrons. The van der Waals surface area contributed by atoms with Gasteiger partial charge in [-0.15, -0.1) is 0 Å². The van der Waals surface area contributed by atoms with Crippen molar-refractivity contribution in [3.8, 4) is 5.75 Å². The van der Waals surface area contributed by atoms with E-state index in [1.54, 1.807) is 0 Å². The van der Waals surface area contributed by atoms with Crippen molar-refractivity contribution in [2.24, 2.45) is 0 Å². The Kier molecular flexibility index (Phi) is 9.19. The van der Waals surface area contributed by atoms with Gasteiger partial charge in [-0.2, -0.15) is 0 Å². The molecule has 0 saturated heterocycles. The van der Waals surface area contributed by atoms with Crippen LogP contribution < -0.4 is 4.65 Å². The van der Waals surface area contributed by atoms with Crippen LogP contribution in [0, 0.1) is 0 Å². The van der Waals surface area contributed by atoms with Gasteiger partial charge in [0.15, 0.2) is 0 Å². The van der Waals surface area contributed by atoms with Crippen LogP contribution >= 0.6 is 0 Å². The molecule has 0 aromatic heterocycles. The third-order valence-corrected chi connectivity index (χ3v) is 3.90. The molecule has 0 spiro atoms. The van der Waals surface area contributed by atoms with Gasteiger partial charge in [-0.05, 0) is 30.4 Å². The first-order valence-corrected chi connectivity index (χ1v) is 8.30. The van der Waals surface area contributed by atoms with Gasteiger partial charge in [0.1, 0.15) is 5.75 Å². The molecule has 0 fully saturated rings. The van der Waals surface area contributed by atoms with Gasteiger partial charge in [-0.25, -0.2) is 0 Å². The minimum absolute atomic E-state index is 0.441. The Morgan fingerprint density at radius 2 is 1.62 bits per heavy atom. The molecule has 0 amide bonds. The molecule has 2 N–H and O–H groups in total. The van der Waals surface area contributed by atoms with E-state index in [9.17, 15) is 0 Å². The largest absolute Gasteiger partial charge is 0.707 e. The van der Waals surface area contributed by atoms with Gasteiger partial charge in [0, 0.05) is 0 Å². The third kappa shape index (κ3) is 7.01. The molecule has 0 bridgehead atoms. The predicted molar refractivity (Wildman–Crippen MR) is 88.3 cm³/mol. The molecule has 21 heavy (non-hydrogen) atoms. The van der Waals surface area contributed by atoms with Crippen LogP contribution in [-0.2, 0) is 0 Å². The second-order valence-corrected chi connectivity index (χ2v) is 5.67. The molecular weight excluding hydrogens is 263 g/mol. The lowest BCUT2D eigenvalue weighted by Crippen LogP contribution is -2.21. The van der Waals surface area contributed by atoms with E-state index in [1.807, 2.05) is 18.2 Å². The van der Waals surface area contributed by atoms with E-state index >= 15 is 0 Å². The number of hydrogen-bond donors (Lipinski definition) is 2. The fourth-order valence-corrected chi connectivity index (χ4v) is 2.76. The number of benzene rings is 1. The van der Waals surface area contributed by atoms with Gasteiger partial charge >= 0.3 is 7.32 Å². The molecule has 0 aliphatic carbocycles. The second kappa shape index (κ2) is 10.7. The second-order valence-electron chi connectivity index (χ2n) is 5.67. The fourth-order valence-electron chi connectivity index (χ4n) is 2.76. The van der Waals surface area contributed by atoms with Crippen molar-refractivity contribution in [1.29, 1.82) is 0 Å². The summed E-state index contributed by atoms with van der Waals surface area (Å²) in [5, 5.41) is 18.1. The molecule has 3 nitrogen and oxygen atoms in total. The zero-order valence-corrected chi connectivity index (χ0v) is 13.4. The Morgan fingerprint density at radius 3 is 2.29 bits per heavy atom. The maximum absolute atomic E-state index is 9.07. The molecule has 1 aromatic rings. The smallest absolute Gasteiger partial charge is 0.512 e. The summed E-state index contributed by atoms with van der Waals surface area (Å²) in [6, 6.07) is 7.74. The summed E-state index contributed by atoms with van der Waals surface area (Å²) < 4.78 is 5.14. The maximum atomic E-state index is 9.07. The van der Waals surface area contributed by atoms with Crippen LogP contribution in [0.5, 0.6) is 5.75 Å². The van der Waals surface area contributed by atoms with Crippen molar-refractivity contribution < 1.29 is 14.7 Å². The van der Waals surface area contributed by atoms with Crippen LogP contribution in [0.3, 0.4) is 0 Å². The molecule has 1 aromatic carbocycles. The molecule has 0 heterocycles. The van der Waals surface area contributed by atoms with Crippen LogP contribution in [0.15, 0.2) is 24.3 Å². The monoisotopic (exact) mass is 292 g/mol. The van der Waals surface area contributed by atoms with Gasteiger partial charge in [-0.1, -0.05) is 70.6 Å². The summed E-state index contributed by atoms with van der Waals surface area (Å²) >= 11 is 0. The average Bonchev–Trinajstić information content (AvgIpc) is 2.47. The standard InChI is InChI=1S/C17H29BO3/c1-3-5-7-8-12-15(11-6-4-2)16-13-9-10-14-17(16)21-18(19)20/h9-10,13-15,19-20H,3-8,11-12H2,1-2H3. The fraction of sp³-hybridized carbons (Fsp3) is 0.647. The summed E-state index contributed by atoms with van der Waals surface area (Å²) in [5.41, 5.74) is 1.11. The van der Waals surface area contributed by atoms with Crippen molar-refractivity contribution in [3.05, 3.63) is 29.8 Å². The molecule has 118 valence electrons. The van der Waals surface area contributed by atoms with E-state index in [0.717, 1.165) is 18.4 Å². The van der Waals surface area contributed by atoms with E-state index in [0.29, 0.717) is 11.7 Å². The Balaban J connectivity index is 2.75. The van der Waals surface area contributed by atoms with Crippen LogP contribution in [0.1, 0.15) is 76.7 Å². The summed E-state index contributed by atoms with van der Waals surface area (Å²) in [6.45, 7) is 4.42. The summed E-state index contributed by atoms with van der Waals surface area (Å²) in [7, 11) is -1.75. The summed E-state index contributed by atoms with van der Waals surface area (Å²) in [6.07, 6.45) is 9.66. The van der Waals surface area contributed by atoms with Gasteiger partial charge in [0.05, 0.1) is 0 Å². The quantitative estimate of drug-likeness (QED) is 0.473. The van der Waals surface area contributed by atoms with Gasteiger partial charge in [0.2, 0.25) is 0 Å². The molecule has 0 aliphatic rings. The first-order chi connectivity index (χ1) is 10.2. The van der Waals surface area contributed by atoms with Crippen LogP contribution in [0.4, 0.5) is 0 Å². The highest BCUT2D eigenvalue weighted by Crippen LogP contribution is 2.34. The normalized spacial score (nSPS) is 12.2. The number of rotatable bonds is 11. The summed E-state index contributed by atoms with van der Waals surface area (Å²) in [4.78, 5) is 0. The molecule has 4 heteroatoms. The highest BCUT2D eigenvalue weighted by Gasteiger charge is 2.19. The Morgan fingerprint density at radius 1 is 0.952 bits per heavy atom. The molecule has 1 atom stereocenters. The van der Waals surface area contributed by atoms with Gasteiger partial charge in [0.25, 0.3) is 0 Å². The topological polar surface area (TPSA) is 49.7 Å². The van der Waals surface area contributed by atoms with Crippen molar-refractivity contribution in [2.45, 2.75) is 71.1 Å². The molecule has 1 rings (SSSR count). The SMILES string of the molecule is CCCCCCC(CCCC)c1ccccc1OB(O)O. The predicted octanol–water partition coefficient (Wildman–Crippen LogP) is 4.28. The van der Waals surface area contributed by atoms with Crippen molar-refractivity contribution >= 4 is 7.32 Å². The van der Waals surface area contributed by atoms with E-state index in [2.05, 4.69) is 19.9 Å². The Bertz CT molecular complexity index is 382. The number of para-hydroxylation sites is 1. The maximum Gasteiger partial charge on any atom is 0.707 e. The highest BCUT2D eigenvalue weighted by molar-refractivity contribution is 6.33. The lowest BCUT2D eigenvalue weighted by atomic mass is 9.88. The molecule has 1 unspecified atom stereocenters. The van der Waals surface area contributed by atoms with E-state index in [-0.39, 0.29) is 0 Å². The average molecular weight is 292 g/mol. The lowest BCUT2D eigenvalue weighted by Gasteiger charge is -2.20. The van der Waals surface area contributed by atoms with Crippen LogP contribution in [0.25, 0.3) is 0 Å². The first-order valence-electron chi connectivity index (χ1n) is 8.30. The number of unbranched alkanes of at least 4 members (excludes halogenated alkanes) is 4. The van der Waals surface area contributed by atoms with Crippen molar-refractivity contribution in [1.82, 2.24) is 0 Å². The van der Waals surface area contributed by atoms with Crippen LogP contribution in [-0.4, -0.2) is 17.4 Å². The van der Waals surface area contributed by atoms with Crippen molar-refractivity contribution in [3.63, 3.8) is 0 Å². The highest BCUT2D eigenvalue weighted by atomic mass is 16.6. The first kappa shape index (κ1) is 18.1. The van der Waals surface area contributed by atoms with Gasteiger partial charge < -0.3 is 14.7 Å². The zero-order valence-electron chi connectivity index (χ0n) is 13.4. The van der Waals surface area contributed by atoms with E-state index < -0.39 is 7.32 Å². The Labute approximate surface area is 129 Å². The lowest BCUT2D eigenvalue weighted by molar-refractivity contribution is 0.285. The zero-order chi connectivity index (χ0) is 15.5. The van der Waals surface area contributed by atoms with Crippen molar-refractivity contribution in [2.75, 3.05) is 0 Å². The Hall–Kier alpha value is -0.995.